The van der Waals surface area contributed by atoms with Gasteiger partial charge in [-0.25, -0.2) is 4.79 Å². The molecule has 4 N–H and O–H groups in total. The van der Waals surface area contributed by atoms with Gasteiger partial charge < -0.3 is 25.7 Å². The molecule has 0 heterocycles. The number of methoxy groups -OCH3 is 1. The summed E-state index contributed by atoms with van der Waals surface area (Å²) in [5.74, 6) is 3.89. The number of hydrazone groups is 1. The number of nitrogens with two attached hydrogens (primary N) is 1. The summed E-state index contributed by atoms with van der Waals surface area (Å²) in [6, 6.07) is 9.99. The van der Waals surface area contributed by atoms with E-state index in [1.165, 1.54) is 37.6 Å². The highest BCUT2D eigenvalue weighted by Crippen LogP contribution is 2.20. The number of rotatable bonds is 9. The number of halogens is 1. The van der Waals surface area contributed by atoms with Crippen molar-refractivity contribution in [3.05, 3.63) is 59.2 Å². The fraction of sp³-hybridized carbons (Fsp3) is 0.200. The SMILES string of the molecule is COc1cc(C=NN)ccc1C(=O)N[C@H](C)C(=O)c1ccc(OCC(=O)O)cc1.I. The number of hydrogen-bond donors (Lipinski definition) is 3. The second kappa shape index (κ2) is 11.8. The Kier molecular flexibility index (Phi) is 9.75. The molecule has 0 aliphatic heterocycles. The van der Waals surface area contributed by atoms with E-state index in [0.29, 0.717) is 22.6 Å². The Hall–Kier alpha value is -3.15. The zero-order chi connectivity index (χ0) is 21.4. The number of carboxylic acids is 1. The van der Waals surface area contributed by atoms with Crippen molar-refractivity contribution >= 4 is 47.9 Å². The zero-order valence-electron chi connectivity index (χ0n) is 16.3. The number of ether oxygens (including phenoxy) is 2. The largest absolute Gasteiger partial charge is 0.496 e. The van der Waals surface area contributed by atoms with E-state index in [1.807, 2.05) is 0 Å². The number of carbonyl (C=O) groups excluding carboxylic acids is 2. The molecule has 2 aromatic carbocycles. The first kappa shape index (κ1) is 24.9. The molecule has 0 fully saturated rings. The van der Waals surface area contributed by atoms with Gasteiger partial charge in [0.15, 0.2) is 12.4 Å². The average Bonchev–Trinajstić information content (AvgIpc) is 2.72. The summed E-state index contributed by atoms with van der Waals surface area (Å²) in [4.78, 5) is 35.6. The Bertz CT molecular complexity index is 931. The maximum atomic E-state index is 12.6. The van der Waals surface area contributed by atoms with Gasteiger partial charge in [-0.15, -0.1) is 24.0 Å². The lowest BCUT2D eigenvalue weighted by molar-refractivity contribution is -0.139. The quantitative estimate of drug-likeness (QED) is 0.149. The number of benzene rings is 2. The molecule has 0 spiro atoms. The number of carboxylic acid groups (broad SMARTS) is 1. The van der Waals surface area contributed by atoms with E-state index in [2.05, 4.69) is 10.4 Å². The van der Waals surface area contributed by atoms with Gasteiger partial charge in [-0.1, -0.05) is 6.07 Å². The maximum Gasteiger partial charge on any atom is 0.341 e. The van der Waals surface area contributed by atoms with Crippen LogP contribution < -0.4 is 20.6 Å². The minimum absolute atomic E-state index is 0. The normalized spacial score (nSPS) is 11.3. The monoisotopic (exact) mass is 527 g/mol. The number of nitrogens with zero attached hydrogens (tertiary/aromatic N) is 1. The van der Waals surface area contributed by atoms with E-state index in [1.54, 1.807) is 25.1 Å². The third-order valence-electron chi connectivity index (χ3n) is 3.94. The molecule has 0 bridgehead atoms. The highest BCUT2D eigenvalue weighted by molar-refractivity contribution is 14.0. The lowest BCUT2D eigenvalue weighted by Gasteiger charge is -2.15. The summed E-state index contributed by atoms with van der Waals surface area (Å²) >= 11 is 0. The molecule has 2 rings (SSSR count). The number of hydrogen-bond acceptors (Lipinski definition) is 7. The lowest BCUT2D eigenvalue weighted by Crippen LogP contribution is -2.38. The van der Waals surface area contributed by atoms with E-state index in [0.717, 1.165) is 0 Å². The van der Waals surface area contributed by atoms with Gasteiger partial charge in [0, 0.05) is 5.56 Å². The molecule has 10 heteroatoms. The highest BCUT2D eigenvalue weighted by atomic mass is 127. The van der Waals surface area contributed by atoms with Crippen molar-refractivity contribution in [2.75, 3.05) is 13.7 Å². The molecular formula is C20H22IN3O6. The zero-order valence-corrected chi connectivity index (χ0v) is 18.7. The number of aliphatic carboxylic acids is 1. The Balaban J connectivity index is 0.00000450. The molecular weight excluding hydrogens is 505 g/mol. The Morgan fingerprint density at radius 1 is 1.20 bits per heavy atom. The molecule has 0 saturated heterocycles. The third-order valence-corrected chi connectivity index (χ3v) is 3.94. The third kappa shape index (κ3) is 6.72. The molecule has 0 saturated carbocycles. The van der Waals surface area contributed by atoms with E-state index in [9.17, 15) is 14.4 Å². The first-order valence-corrected chi connectivity index (χ1v) is 8.56. The van der Waals surface area contributed by atoms with Gasteiger partial charge in [0.1, 0.15) is 11.5 Å². The summed E-state index contributed by atoms with van der Waals surface area (Å²) in [5, 5.41) is 14.7. The standard InChI is InChI=1S/C20H21N3O6.HI/c1-12(19(26)14-4-6-15(7-5-14)29-11-18(24)25)23-20(27)16-8-3-13(10-22-21)9-17(16)28-2;/h3-10,12H,11,21H2,1-2H3,(H,23,27)(H,24,25);1H/t12-;/m1./s1. The average molecular weight is 527 g/mol. The Morgan fingerprint density at radius 2 is 1.87 bits per heavy atom. The number of amides is 1. The summed E-state index contributed by atoms with van der Waals surface area (Å²) in [6.45, 7) is 1.09. The first-order chi connectivity index (χ1) is 13.8. The number of ketones is 1. The summed E-state index contributed by atoms with van der Waals surface area (Å²) in [6.07, 6.45) is 1.42. The van der Waals surface area contributed by atoms with Gasteiger partial charge >= 0.3 is 5.97 Å². The van der Waals surface area contributed by atoms with Gasteiger partial charge in [0.25, 0.3) is 5.91 Å². The van der Waals surface area contributed by atoms with Gasteiger partial charge in [-0.3, -0.25) is 9.59 Å². The molecule has 0 aromatic heterocycles. The van der Waals surface area contributed by atoms with Crippen LogP contribution in [0.5, 0.6) is 11.5 Å². The van der Waals surface area contributed by atoms with Crippen LogP contribution in [0.1, 0.15) is 33.2 Å². The molecule has 0 aliphatic carbocycles. The molecule has 30 heavy (non-hydrogen) atoms. The van der Waals surface area contributed by atoms with Crippen LogP contribution in [-0.4, -0.2) is 48.7 Å². The number of nitrogens with one attached hydrogen (secondary N) is 1. The van der Waals surface area contributed by atoms with Crippen LogP contribution in [0.4, 0.5) is 0 Å². The van der Waals surface area contributed by atoms with Crippen molar-refractivity contribution in [2.45, 2.75) is 13.0 Å². The van der Waals surface area contributed by atoms with Gasteiger partial charge in [-0.05, 0) is 48.9 Å². The van der Waals surface area contributed by atoms with Crippen LogP contribution >= 0.6 is 24.0 Å². The predicted molar refractivity (Wildman–Crippen MR) is 121 cm³/mol. The molecule has 1 amide bonds. The summed E-state index contributed by atoms with van der Waals surface area (Å²) in [5.41, 5.74) is 1.27. The van der Waals surface area contributed by atoms with Crippen molar-refractivity contribution in [1.82, 2.24) is 5.32 Å². The van der Waals surface area contributed by atoms with Crippen molar-refractivity contribution < 1.29 is 29.0 Å². The first-order valence-electron chi connectivity index (χ1n) is 8.56. The second-order valence-corrected chi connectivity index (χ2v) is 6.00. The molecule has 0 unspecified atom stereocenters. The maximum absolute atomic E-state index is 12.6. The fourth-order valence-corrected chi connectivity index (χ4v) is 2.51. The van der Waals surface area contributed by atoms with Gasteiger partial charge in [0.2, 0.25) is 0 Å². The molecule has 0 radical (unpaired) electrons. The Morgan fingerprint density at radius 3 is 2.43 bits per heavy atom. The minimum atomic E-state index is -1.10. The molecule has 0 aliphatic rings. The highest BCUT2D eigenvalue weighted by Gasteiger charge is 2.20. The topological polar surface area (TPSA) is 140 Å². The minimum Gasteiger partial charge on any atom is -0.496 e. The van der Waals surface area contributed by atoms with Crippen LogP contribution in [0.15, 0.2) is 47.6 Å². The van der Waals surface area contributed by atoms with Crippen LogP contribution in [-0.2, 0) is 4.79 Å². The second-order valence-electron chi connectivity index (χ2n) is 6.00. The van der Waals surface area contributed by atoms with Crippen LogP contribution in [0.3, 0.4) is 0 Å². The van der Waals surface area contributed by atoms with Crippen molar-refractivity contribution in [2.24, 2.45) is 10.9 Å². The number of carbonyl (C=O) groups is 3. The van der Waals surface area contributed by atoms with Gasteiger partial charge in [0.05, 0.1) is 24.9 Å². The fourth-order valence-electron chi connectivity index (χ4n) is 2.51. The van der Waals surface area contributed by atoms with E-state index in [-0.39, 0.29) is 35.3 Å². The van der Waals surface area contributed by atoms with Crippen LogP contribution in [0.25, 0.3) is 0 Å². The smallest absolute Gasteiger partial charge is 0.341 e. The molecule has 2 aromatic rings. The molecule has 160 valence electrons. The van der Waals surface area contributed by atoms with E-state index in [4.69, 9.17) is 20.4 Å². The van der Waals surface area contributed by atoms with Crippen molar-refractivity contribution in [3.8, 4) is 11.5 Å². The summed E-state index contributed by atoms with van der Waals surface area (Å²) < 4.78 is 10.3. The van der Waals surface area contributed by atoms with E-state index >= 15 is 0 Å². The van der Waals surface area contributed by atoms with Crippen molar-refractivity contribution in [1.29, 1.82) is 0 Å². The number of Topliss-reactive ketones (excluding diaryl/α,β-unsaturated/α-hetero) is 1. The molecule has 1 atom stereocenters. The van der Waals surface area contributed by atoms with Crippen LogP contribution in [0.2, 0.25) is 0 Å². The lowest BCUT2D eigenvalue weighted by atomic mass is 10.0. The summed E-state index contributed by atoms with van der Waals surface area (Å²) in [7, 11) is 1.43. The predicted octanol–water partition coefficient (Wildman–Crippen LogP) is 2.07. The van der Waals surface area contributed by atoms with Crippen molar-refractivity contribution in [3.63, 3.8) is 0 Å². The van der Waals surface area contributed by atoms with Crippen LogP contribution in [0, 0.1) is 0 Å². The Labute approximate surface area is 190 Å². The van der Waals surface area contributed by atoms with E-state index < -0.39 is 24.5 Å². The molecule has 9 nitrogen and oxygen atoms in total. The van der Waals surface area contributed by atoms with Gasteiger partial charge in [-0.2, -0.15) is 5.10 Å².